The maximum atomic E-state index is 11.5. The molecular formula is C19H14Cl2N2O2S. The van der Waals surface area contributed by atoms with Gasteiger partial charge in [-0.25, -0.2) is 4.98 Å². The molecule has 1 aliphatic carbocycles. The minimum absolute atomic E-state index is 0.320. The molecule has 2 N–H and O–H groups in total. The summed E-state index contributed by atoms with van der Waals surface area (Å²) >= 11 is 14.5. The third-order valence-electron chi connectivity index (χ3n) is 4.43. The predicted octanol–water partition coefficient (Wildman–Crippen LogP) is 5.39. The number of nitrogens with zero attached hydrogens (tertiary/aromatic N) is 1. The van der Waals surface area contributed by atoms with Gasteiger partial charge in [0.15, 0.2) is 5.76 Å². The standard InChI is InChI=1S/C19H14Cl2N2O2S/c1-10-23-15(9-26-10)11-2-5-14-16(6-11)25-18(17(14)22)19(21)7-13(20)4-3-12(19)8-24/h2-9,12H,22H2,1H3. The maximum absolute atomic E-state index is 11.5. The zero-order valence-corrected chi connectivity index (χ0v) is 16.0. The first-order valence-corrected chi connectivity index (χ1v) is 9.51. The smallest absolute Gasteiger partial charge is 0.154 e. The Labute approximate surface area is 163 Å². The van der Waals surface area contributed by atoms with E-state index in [9.17, 15) is 4.79 Å². The molecule has 0 bridgehead atoms. The van der Waals surface area contributed by atoms with Crippen molar-refractivity contribution in [3.63, 3.8) is 0 Å². The molecule has 2 atom stereocenters. The van der Waals surface area contributed by atoms with E-state index in [1.807, 2.05) is 30.5 Å². The predicted molar refractivity (Wildman–Crippen MR) is 107 cm³/mol. The Morgan fingerprint density at radius 1 is 1.42 bits per heavy atom. The van der Waals surface area contributed by atoms with Gasteiger partial charge in [0.1, 0.15) is 16.7 Å². The normalized spacial score (nSPS) is 22.6. The number of aldehydes is 1. The van der Waals surface area contributed by atoms with Crippen molar-refractivity contribution in [2.75, 3.05) is 5.73 Å². The molecule has 132 valence electrons. The van der Waals surface area contributed by atoms with E-state index in [1.165, 1.54) is 0 Å². The quantitative estimate of drug-likeness (QED) is 0.469. The highest BCUT2D eigenvalue weighted by atomic mass is 35.5. The fourth-order valence-corrected chi connectivity index (χ4v) is 4.40. The molecule has 3 aromatic rings. The Morgan fingerprint density at radius 3 is 2.92 bits per heavy atom. The van der Waals surface area contributed by atoms with Crippen LogP contribution in [0.3, 0.4) is 0 Å². The molecule has 0 saturated heterocycles. The number of hydrogen-bond donors (Lipinski definition) is 1. The topological polar surface area (TPSA) is 69.1 Å². The summed E-state index contributed by atoms with van der Waals surface area (Å²) in [5, 5.41) is 4.14. The number of furan rings is 1. The van der Waals surface area contributed by atoms with E-state index >= 15 is 0 Å². The number of anilines is 1. The van der Waals surface area contributed by atoms with Gasteiger partial charge in [0.25, 0.3) is 0 Å². The van der Waals surface area contributed by atoms with Gasteiger partial charge in [-0.2, -0.15) is 0 Å². The van der Waals surface area contributed by atoms with Crippen molar-refractivity contribution in [1.29, 1.82) is 0 Å². The number of carbonyl (C=O) groups is 1. The summed E-state index contributed by atoms with van der Waals surface area (Å²) < 4.78 is 6.01. The second-order valence-corrected chi connectivity index (χ2v) is 8.25. The summed E-state index contributed by atoms with van der Waals surface area (Å²) in [6.07, 6.45) is 5.65. The largest absolute Gasteiger partial charge is 0.457 e. The van der Waals surface area contributed by atoms with Gasteiger partial charge in [-0.05, 0) is 31.2 Å². The summed E-state index contributed by atoms with van der Waals surface area (Å²) in [6, 6.07) is 5.69. The van der Waals surface area contributed by atoms with Gasteiger partial charge < -0.3 is 14.9 Å². The molecule has 0 fully saturated rings. The highest BCUT2D eigenvalue weighted by molar-refractivity contribution is 7.09. The number of nitrogen functional groups attached to an aromatic ring is 1. The second kappa shape index (κ2) is 6.27. The second-order valence-electron chi connectivity index (χ2n) is 6.13. The van der Waals surface area contributed by atoms with Crippen LogP contribution in [0.25, 0.3) is 22.2 Å². The van der Waals surface area contributed by atoms with Crippen molar-refractivity contribution >= 4 is 57.5 Å². The van der Waals surface area contributed by atoms with Crippen LogP contribution >= 0.6 is 34.5 Å². The van der Waals surface area contributed by atoms with Crippen LogP contribution in [0, 0.1) is 12.8 Å². The van der Waals surface area contributed by atoms with Crippen LogP contribution in [-0.2, 0) is 9.67 Å². The average molecular weight is 405 g/mol. The van der Waals surface area contributed by atoms with E-state index < -0.39 is 10.8 Å². The van der Waals surface area contributed by atoms with Crippen molar-refractivity contribution in [1.82, 2.24) is 4.98 Å². The van der Waals surface area contributed by atoms with Gasteiger partial charge in [0.05, 0.1) is 22.3 Å². The zero-order chi connectivity index (χ0) is 18.5. The number of hydrogen-bond acceptors (Lipinski definition) is 5. The fraction of sp³-hybridized carbons (Fsp3) is 0.158. The third-order valence-corrected chi connectivity index (χ3v) is 5.97. The van der Waals surface area contributed by atoms with E-state index in [0.717, 1.165) is 27.9 Å². The lowest BCUT2D eigenvalue weighted by Crippen LogP contribution is -2.29. The minimum Gasteiger partial charge on any atom is -0.457 e. The Bertz CT molecular complexity index is 1080. The molecule has 1 aliphatic rings. The van der Waals surface area contributed by atoms with Crippen molar-refractivity contribution in [2.24, 2.45) is 5.92 Å². The number of aromatic nitrogens is 1. The first kappa shape index (κ1) is 17.3. The van der Waals surface area contributed by atoms with E-state index in [0.29, 0.717) is 22.1 Å². The molecule has 2 heterocycles. The van der Waals surface area contributed by atoms with Gasteiger partial charge in [0, 0.05) is 21.4 Å². The van der Waals surface area contributed by atoms with Gasteiger partial charge in [-0.15, -0.1) is 22.9 Å². The number of nitrogens with two attached hydrogens (primary N) is 1. The molecule has 0 spiro atoms. The van der Waals surface area contributed by atoms with Crippen LogP contribution < -0.4 is 5.73 Å². The summed E-state index contributed by atoms with van der Waals surface area (Å²) in [5.41, 5.74) is 9.10. The monoisotopic (exact) mass is 404 g/mol. The van der Waals surface area contributed by atoms with Crippen LogP contribution in [0.5, 0.6) is 0 Å². The number of aryl methyl sites for hydroxylation is 1. The summed E-state index contributed by atoms with van der Waals surface area (Å²) in [7, 11) is 0. The Morgan fingerprint density at radius 2 is 2.23 bits per heavy atom. The molecule has 2 unspecified atom stereocenters. The summed E-state index contributed by atoms with van der Waals surface area (Å²) in [5.74, 6) is -0.310. The van der Waals surface area contributed by atoms with Crippen molar-refractivity contribution in [2.45, 2.75) is 11.8 Å². The molecular weight excluding hydrogens is 391 g/mol. The van der Waals surface area contributed by atoms with Crippen LogP contribution in [0.2, 0.25) is 0 Å². The highest BCUT2D eigenvalue weighted by Gasteiger charge is 2.42. The van der Waals surface area contributed by atoms with Gasteiger partial charge >= 0.3 is 0 Å². The zero-order valence-electron chi connectivity index (χ0n) is 13.7. The lowest BCUT2D eigenvalue weighted by Gasteiger charge is -2.28. The molecule has 2 aromatic heterocycles. The van der Waals surface area contributed by atoms with Crippen molar-refractivity contribution < 1.29 is 9.21 Å². The lowest BCUT2D eigenvalue weighted by atomic mass is 9.85. The Hall–Kier alpha value is -2.08. The molecule has 0 aliphatic heterocycles. The van der Waals surface area contributed by atoms with Crippen molar-refractivity contribution in [3.8, 4) is 11.3 Å². The van der Waals surface area contributed by atoms with Gasteiger partial charge in [-0.3, -0.25) is 0 Å². The van der Waals surface area contributed by atoms with E-state index in [-0.39, 0.29) is 0 Å². The van der Waals surface area contributed by atoms with Gasteiger partial charge in [0.2, 0.25) is 0 Å². The minimum atomic E-state index is -1.26. The number of alkyl halides is 1. The Kier molecular flexibility index (Phi) is 4.18. The summed E-state index contributed by atoms with van der Waals surface area (Å²) in [6.45, 7) is 1.96. The molecule has 26 heavy (non-hydrogen) atoms. The first-order chi connectivity index (χ1) is 12.4. The molecule has 1 aromatic carbocycles. The SMILES string of the molecule is Cc1nc(-c2ccc3c(N)c(C4(Cl)C=C(Cl)C=CC4C=O)oc3c2)cs1. The lowest BCUT2D eigenvalue weighted by molar-refractivity contribution is -0.110. The highest BCUT2D eigenvalue weighted by Crippen LogP contribution is 2.48. The van der Waals surface area contributed by atoms with Gasteiger partial charge in [-0.1, -0.05) is 23.7 Å². The van der Waals surface area contributed by atoms with E-state index in [1.54, 1.807) is 29.6 Å². The maximum Gasteiger partial charge on any atom is 0.154 e. The number of allylic oxidation sites excluding steroid dienone is 4. The molecule has 0 radical (unpaired) electrons. The molecule has 4 rings (SSSR count). The van der Waals surface area contributed by atoms with Crippen LogP contribution in [-0.4, -0.2) is 11.3 Å². The molecule has 4 nitrogen and oxygen atoms in total. The van der Waals surface area contributed by atoms with Crippen LogP contribution in [0.15, 0.2) is 51.3 Å². The fourth-order valence-electron chi connectivity index (χ4n) is 3.10. The average Bonchev–Trinajstić information content (AvgIpc) is 3.19. The van der Waals surface area contributed by atoms with Crippen LogP contribution in [0.1, 0.15) is 10.8 Å². The number of carbonyl (C=O) groups excluding carboxylic acids is 1. The molecule has 0 amide bonds. The first-order valence-electron chi connectivity index (χ1n) is 7.88. The number of fused-ring (bicyclic) bond motifs is 1. The third kappa shape index (κ3) is 2.67. The number of benzene rings is 1. The van der Waals surface area contributed by atoms with E-state index in [4.69, 9.17) is 33.4 Å². The molecule has 7 heteroatoms. The van der Waals surface area contributed by atoms with Crippen LogP contribution in [0.4, 0.5) is 5.69 Å². The number of rotatable bonds is 3. The number of thiazole rings is 1. The van der Waals surface area contributed by atoms with Crippen molar-refractivity contribution in [3.05, 3.63) is 57.6 Å². The molecule has 0 saturated carbocycles. The summed E-state index contributed by atoms with van der Waals surface area (Å²) in [4.78, 5) is 14.8. The van der Waals surface area contributed by atoms with E-state index in [2.05, 4.69) is 4.98 Å². The number of halogens is 2. The Balaban J connectivity index is 1.87.